The molecule has 128 valence electrons. The molecule has 2 aromatic heterocycles. The molecular weight excluding hydrogens is 304 g/mol. The zero-order valence-electron chi connectivity index (χ0n) is 14.9. The van der Waals surface area contributed by atoms with Gasteiger partial charge in [0.15, 0.2) is 5.78 Å². The minimum atomic E-state index is -0.138. The third-order valence-corrected chi connectivity index (χ3v) is 4.90. The lowest BCUT2D eigenvalue weighted by Gasteiger charge is -2.15. The number of amides is 1. The third kappa shape index (κ3) is 2.90. The van der Waals surface area contributed by atoms with Gasteiger partial charge in [-0.2, -0.15) is 0 Å². The maximum atomic E-state index is 12.7. The summed E-state index contributed by atoms with van der Waals surface area (Å²) in [6.07, 6.45) is 1.18. The normalized spacial score (nSPS) is 19.4. The van der Waals surface area contributed by atoms with E-state index in [1.807, 2.05) is 19.1 Å². The number of aromatic nitrogens is 1. The fourth-order valence-electron chi connectivity index (χ4n) is 3.39. The Kier molecular flexibility index (Phi) is 4.11. The lowest BCUT2D eigenvalue weighted by molar-refractivity contribution is 0.0769. The minimum absolute atomic E-state index is 0.0304. The van der Waals surface area contributed by atoms with E-state index in [0.717, 1.165) is 17.2 Å². The fraction of sp³-hybridized carbons (Fsp3) is 0.474. The first-order chi connectivity index (χ1) is 11.3. The monoisotopic (exact) mass is 328 g/mol. The number of Topliss-reactive ketones (excluding diaryl/α,β-unsaturated/α-hetero) is 1. The molecule has 0 saturated heterocycles. The van der Waals surface area contributed by atoms with Crippen molar-refractivity contribution in [3.8, 4) is 0 Å². The number of rotatable bonds is 5. The third-order valence-electron chi connectivity index (χ3n) is 4.90. The molecule has 2 heterocycles. The highest BCUT2D eigenvalue weighted by Gasteiger charge is 2.36. The molecule has 0 unspecified atom stereocenters. The molecule has 0 spiro atoms. The van der Waals surface area contributed by atoms with Crippen molar-refractivity contribution in [2.24, 2.45) is 5.92 Å². The number of nitrogens with zero attached hydrogens (tertiary/aromatic N) is 1. The van der Waals surface area contributed by atoms with Gasteiger partial charge in [-0.25, -0.2) is 0 Å². The molecule has 1 fully saturated rings. The number of hydrogen-bond donors (Lipinski definition) is 1. The molecule has 5 nitrogen and oxygen atoms in total. The van der Waals surface area contributed by atoms with Gasteiger partial charge in [0.2, 0.25) is 0 Å². The Morgan fingerprint density at radius 1 is 1.33 bits per heavy atom. The molecule has 0 bridgehead atoms. The average molecular weight is 328 g/mol. The van der Waals surface area contributed by atoms with Crippen LogP contribution in [0.25, 0.3) is 0 Å². The molecule has 0 aliphatic heterocycles. The molecule has 1 aliphatic rings. The van der Waals surface area contributed by atoms with E-state index in [9.17, 15) is 9.59 Å². The van der Waals surface area contributed by atoms with Gasteiger partial charge in [-0.05, 0) is 50.8 Å². The summed E-state index contributed by atoms with van der Waals surface area (Å²) < 4.78 is 5.87. The second kappa shape index (κ2) is 5.96. The maximum absolute atomic E-state index is 12.7. The molecule has 1 saturated carbocycles. The van der Waals surface area contributed by atoms with E-state index >= 15 is 0 Å². The van der Waals surface area contributed by atoms with Crippen molar-refractivity contribution >= 4 is 11.7 Å². The van der Waals surface area contributed by atoms with Crippen LogP contribution in [0.5, 0.6) is 0 Å². The van der Waals surface area contributed by atoms with Crippen molar-refractivity contribution < 1.29 is 14.0 Å². The van der Waals surface area contributed by atoms with E-state index in [-0.39, 0.29) is 11.7 Å². The molecule has 2 atom stereocenters. The summed E-state index contributed by atoms with van der Waals surface area (Å²) in [7, 11) is 1.74. The largest absolute Gasteiger partial charge is 0.464 e. The zero-order chi connectivity index (χ0) is 17.6. The van der Waals surface area contributed by atoms with Gasteiger partial charge in [0, 0.05) is 24.2 Å². The van der Waals surface area contributed by atoms with Crippen molar-refractivity contribution in [1.82, 2.24) is 9.88 Å². The number of carbonyl (C=O) groups is 2. The van der Waals surface area contributed by atoms with Crippen LogP contribution in [0.1, 0.15) is 69.8 Å². The van der Waals surface area contributed by atoms with Gasteiger partial charge >= 0.3 is 0 Å². The molecule has 3 rings (SSSR count). The van der Waals surface area contributed by atoms with E-state index in [4.69, 9.17) is 4.42 Å². The van der Waals surface area contributed by atoms with E-state index in [0.29, 0.717) is 35.2 Å². The van der Waals surface area contributed by atoms with Gasteiger partial charge in [0.1, 0.15) is 17.2 Å². The van der Waals surface area contributed by atoms with Crippen LogP contribution in [0, 0.1) is 19.8 Å². The molecule has 0 aromatic carbocycles. The van der Waals surface area contributed by atoms with Crippen molar-refractivity contribution in [3.05, 3.63) is 46.2 Å². The molecule has 1 aliphatic carbocycles. The molecule has 1 N–H and O–H groups in total. The highest BCUT2D eigenvalue weighted by Crippen LogP contribution is 2.47. The lowest BCUT2D eigenvalue weighted by Crippen LogP contribution is -2.27. The Labute approximate surface area is 142 Å². The number of aromatic amines is 1. The van der Waals surface area contributed by atoms with Gasteiger partial charge in [-0.1, -0.05) is 6.92 Å². The van der Waals surface area contributed by atoms with Crippen LogP contribution in [0.2, 0.25) is 0 Å². The summed E-state index contributed by atoms with van der Waals surface area (Å²) in [5.74, 6) is 2.86. The molecule has 24 heavy (non-hydrogen) atoms. The van der Waals surface area contributed by atoms with Gasteiger partial charge < -0.3 is 14.3 Å². The quantitative estimate of drug-likeness (QED) is 0.848. The fourth-order valence-corrected chi connectivity index (χ4v) is 3.39. The highest BCUT2D eigenvalue weighted by atomic mass is 16.3. The van der Waals surface area contributed by atoms with Crippen LogP contribution in [-0.4, -0.2) is 28.6 Å². The first-order valence-electron chi connectivity index (χ1n) is 8.33. The summed E-state index contributed by atoms with van der Waals surface area (Å²) in [6, 6.07) is 3.96. The van der Waals surface area contributed by atoms with Crippen molar-refractivity contribution in [1.29, 1.82) is 0 Å². The van der Waals surface area contributed by atoms with E-state index in [1.54, 1.807) is 18.9 Å². The van der Waals surface area contributed by atoms with Crippen LogP contribution in [0.3, 0.4) is 0 Å². The van der Waals surface area contributed by atoms with Crippen molar-refractivity contribution in [3.63, 3.8) is 0 Å². The Morgan fingerprint density at radius 2 is 2.00 bits per heavy atom. The maximum Gasteiger partial charge on any atom is 0.270 e. The van der Waals surface area contributed by atoms with Gasteiger partial charge in [0.25, 0.3) is 5.91 Å². The SMILES string of the molecule is CC(=O)c1c(C)[nH]c(C(=O)N(C)Cc2ccc([C@H]3C[C@H]3C)o2)c1C. The van der Waals surface area contributed by atoms with E-state index in [2.05, 4.69) is 11.9 Å². The number of furan rings is 1. The second-order valence-electron chi connectivity index (χ2n) is 6.97. The van der Waals surface area contributed by atoms with Crippen molar-refractivity contribution in [2.45, 2.75) is 46.6 Å². The topological polar surface area (TPSA) is 66.3 Å². The number of ketones is 1. The predicted octanol–water partition coefficient (Wildman–Crippen LogP) is 3.82. The summed E-state index contributed by atoms with van der Waals surface area (Å²) in [4.78, 5) is 29.1. The number of H-pyrrole nitrogens is 1. The summed E-state index contributed by atoms with van der Waals surface area (Å²) in [5, 5.41) is 0. The first kappa shape index (κ1) is 16.6. The van der Waals surface area contributed by atoms with E-state index < -0.39 is 0 Å². The molecular formula is C19H24N2O3. The van der Waals surface area contributed by atoms with E-state index in [1.165, 1.54) is 13.3 Å². The zero-order valence-corrected chi connectivity index (χ0v) is 14.9. The Balaban J connectivity index is 1.74. The van der Waals surface area contributed by atoms with Crippen LogP contribution in [-0.2, 0) is 6.54 Å². The number of aryl methyl sites for hydroxylation is 1. The average Bonchev–Trinajstić information content (AvgIpc) is 2.93. The van der Waals surface area contributed by atoms with Crippen LogP contribution < -0.4 is 0 Å². The van der Waals surface area contributed by atoms with Crippen LogP contribution in [0.15, 0.2) is 16.5 Å². The number of carbonyl (C=O) groups excluding carboxylic acids is 2. The van der Waals surface area contributed by atoms with Crippen LogP contribution in [0.4, 0.5) is 0 Å². The molecule has 2 aromatic rings. The molecule has 1 amide bonds. The standard InChI is InChI=1S/C19H24N2O3/c1-10-8-15(10)16-7-6-14(24-16)9-21(5)19(23)18-11(2)17(13(4)22)12(3)20-18/h6-7,10,15,20H,8-9H2,1-5H3/t10-,15+/m1/s1. The van der Waals surface area contributed by atoms with Gasteiger partial charge in [0.05, 0.1) is 6.54 Å². The second-order valence-corrected chi connectivity index (χ2v) is 6.97. The molecule has 5 heteroatoms. The lowest BCUT2D eigenvalue weighted by atomic mass is 10.1. The number of hydrogen-bond acceptors (Lipinski definition) is 3. The van der Waals surface area contributed by atoms with Crippen molar-refractivity contribution in [2.75, 3.05) is 7.05 Å². The summed E-state index contributed by atoms with van der Waals surface area (Å²) in [5.41, 5.74) is 2.53. The minimum Gasteiger partial charge on any atom is -0.464 e. The first-order valence-corrected chi connectivity index (χ1v) is 8.33. The summed E-state index contributed by atoms with van der Waals surface area (Å²) >= 11 is 0. The van der Waals surface area contributed by atoms with Gasteiger partial charge in [-0.15, -0.1) is 0 Å². The number of nitrogens with one attached hydrogen (secondary N) is 1. The Morgan fingerprint density at radius 3 is 2.54 bits per heavy atom. The van der Waals surface area contributed by atoms with Gasteiger partial charge in [-0.3, -0.25) is 9.59 Å². The predicted molar refractivity (Wildman–Crippen MR) is 91.3 cm³/mol. The Hall–Kier alpha value is -2.30. The smallest absolute Gasteiger partial charge is 0.270 e. The summed E-state index contributed by atoms with van der Waals surface area (Å²) in [6.45, 7) is 7.76. The molecule has 0 radical (unpaired) electrons. The Bertz CT molecular complexity index is 800. The highest BCUT2D eigenvalue weighted by molar-refractivity contribution is 6.02. The van der Waals surface area contributed by atoms with Crippen LogP contribution >= 0.6 is 0 Å².